The largest absolute Gasteiger partial charge is 0.378 e. The van der Waals surface area contributed by atoms with Gasteiger partial charge < -0.3 is 5.32 Å². The van der Waals surface area contributed by atoms with Crippen molar-refractivity contribution >= 4 is 33.2 Å². The van der Waals surface area contributed by atoms with Crippen LogP contribution in [0.15, 0.2) is 40.9 Å². The predicted octanol–water partition coefficient (Wildman–Crippen LogP) is 5.34. The molecule has 1 N–H and O–H groups in total. The Morgan fingerprint density at radius 2 is 2.11 bits per heavy atom. The van der Waals surface area contributed by atoms with Gasteiger partial charge in [0.1, 0.15) is 5.82 Å². The number of nitrogens with one attached hydrogen (secondary N) is 1. The highest BCUT2D eigenvalue weighted by Gasteiger charge is 2.23. The van der Waals surface area contributed by atoms with E-state index in [-0.39, 0.29) is 16.9 Å². The van der Waals surface area contributed by atoms with E-state index in [1.807, 2.05) is 6.07 Å². The van der Waals surface area contributed by atoms with E-state index in [0.717, 1.165) is 23.0 Å². The zero-order valence-corrected chi connectivity index (χ0v) is 12.4. The Morgan fingerprint density at radius 3 is 2.89 bits per heavy atom. The smallest absolute Gasteiger partial charge is 0.141 e. The molecule has 3 rings (SSSR count). The number of hydrogen-bond donors (Lipinski definition) is 1. The molecular formula is C15H12BrClFN. The van der Waals surface area contributed by atoms with Crippen molar-refractivity contribution in [2.24, 2.45) is 0 Å². The maximum atomic E-state index is 13.1. The lowest BCUT2D eigenvalue weighted by Gasteiger charge is -2.16. The first-order valence-corrected chi connectivity index (χ1v) is 7.31. The second-order valence-corrected chi connectivity index (χ2v) is 5.93. The van der Waals surface area contributed by atoms with Gasteiger partial charge in [-0.15, -0.1) is 0 Å². The minimum absolute atomic E-state index is 0.150. The molecule has 0 aliphatic heterocycles. The molecule has 19 heavy (non-hydrogen) atoms. The van der Waals surface area contributed by atoms with E-state index in [4.69, 9.17) is 11.6 Å². The summed E-state index contributed by atoms with van der Waals surface area (Å²) in [7, 11) is 0. The number of halogens is 3. The van der Waals surface area contributed by atoms with Crippen LogP contribution in [0, 0.1) is 5.82 Å². The fourth-order valence-electron chi connectivity index (χ4n) is 2.55. The molecular weight excluding hydrogens is 329 g/mol. The Hall–Kier alpha value is -1.06. The van der Waals surface area contributed by atoms with Gasteiger partial charge in [-0.2, -0.15) is 0 Å². The average molecular weight is 341 g/mol. The molecule has 0 fully saturated rings. The highest BCUT2D eigenvalue weighted by atomic mass is 79.9. The van der Waals surface area contributed by atoms with E-state index in [1.165, 1.54) is 17.2 Å². The third kappa shape index (κ3) is 2.49. The maximum absolute atomic E-state index is 13.1. The third-order valence-corrected chi connectivity index (χ3v) is 4.51. The molecule has 0 heterocycles. The molecule has 1 atom stereocenters. The summed E-state index contributed by atoms with van der Waals surface area (Å²) in [6.45, 7) is 0. The van der Waals surface area contributed by atoms with Crippen LogP contribution in [-0.4, -0.2) is 0 Å². The lowest BCUT2D eigenvalue weighted by atomic mass is 10.1. The molecule has 0 saturated heterocycles. The van der Waals surface area contributed by atoms with Gasteiger partial charge in [0.25, 0.3) is 0 Å². The van der Waals surface area contributed by atoms with Gasteiger partial charge in [-0.3, -0.25) is 0 Å². The van der Waals surface area contributed by atoms with Crippen molar-refractivity contribution in [3.63, 3.8) is 0 Å². The summed E-state index contributed by atoms with van der Waals surface area (Å²) in [6.07, 6.45) is 2.08. The van der Waals surface area contributed by atoms with Gasteiger partial charge >= 0.3 is 0 Å². The van der Waals surface area contributed by atoms with E-state index in [9.17, 15) is 4.39 Å². The highest BCUT2D eigenvalue weighted by molar-refractivity contribution is 9.10. The van der Waals surface area contributed by atoms with Crippen LogP contribution in [0.3, 0.4) is 0 Å². The second kappa shape index (κ2) is 5.14. The molecule has 98 valence electrons. The lowest BCUT2D eigenvalue weighted by molar-refractivity contribution is 0.628. The summed E-state index contributed by atoms with van der Waals surface area (Å²) in [5.74, 6) is -0.387. The number of rotatable bonds is 2. The zero-order valence-electron chi connectivity index (χ0n) is 10.1. The van der Waals surface area contributed by atoms with Crippen molar-refractivity contribution in [3.05, 3.63) is 62.8 Å². The van der Waals surface area contributed by atoms with E-state index < -0.39 is 0 Å². The Morgan fingerprint density at radius 1 is 1.26 bits per heavy atom. The second-order valence-electron chi connectivity index (χ2n) is 4.67. The van der Waals surface area contributed by atoms with Crippen LogP contribution in [0.2, 0.25) is 5.02 Å². The maximum Gasteiger partial charge on any atom is 0.141 e. The van der Waals surface area contributed by atoms with Crippen molar-refractivity contribution < 1.29 is 4.39 Å². The first kappa shape index (κ1) is 12.9. The standard InChI is InChI=1S/C15H12BrClFN/c16-12-3-1-2-11-10(12)5-7-15(11)19-9-4-6-14(18)13(17)8-9/h1-4,6,8,15,19H,5,7H2. The average Bonchev–Trinajstić information content (AvgIpc) is 2.79. The topological polar surface area (TPSA) is 12.0 Å². The van der Waals surface area contributed by atoms with Gasteiger partial charge in [0, 0.05) is 10.2 Å². The van der Waals surface area contributed by atoms with E-state index in [1.54, 1.807) is 12.1 Å². The molecule has 1 aliphatic rings. The number of anilines is 1. The van der Waals surface area contributed by atoms with Crippen LogP contribution in [0.1, 0.15) is 23.6 Å². The summed E-state index contributed by atoms with van der Waals surface area (Å²) in [6, 6.07) is 11.2. The van der Waals surface area contributed by atoms with Crippen LogP contribution in [0.4, 0.5) is 10.1 Å². The van der Waals surface area contributed by atoms with Crippen molar-refractivity contribution in [3.8, 4) is 0 Å². The molecule has 1 aliphatic carbocycles. The molecule has 2 aromatic rings. The third-order valence-electron chi connectivity index (χ3n) is 3.47. The Bertz CT molecular complexity index is 630. The number of benzene rings is 2. The van der Waals surface area contributed by atoms with E-state index in [2.05, 4.69) is 33.4 Å². The quantitative estimate of drug-likeness (QED) is 0.778. The molecule has 0 spiro atoms. The van der Waals surface area contributed by atoms with Crippen molar-refractivity contribution in [2.75, 3.05) is 5.32 Å². The first-order chi connectivity index (χ1) is 9.15. The molecule has 0 aromatic heterocycles. The lowest BCUT2D eigenvalue weighted by Crippen LogP contribution is -2.07. The fraction of sp³-hybridized carbons (Fsp3) is 0.200. The Labute approximate surface area is 124 Å². The number of hydrogen-bond acceptors (Lipinski definition) is 1. The van der Waals surface area contributed by atoms with Crippen LogP contribution >= 0.6 is 27.5 Å². The van der Waals surface area contributed by atoms with Crippen molar-refractivity contribution in [2.45, 2.75) is 18.9 Å². The normalized spacial score (nSPS) is 17.3. The van der Waals surface area contributed by atoms with Crippen molar-refractivity contribution in [1.82, 2.24) is 0 Å². The summed E-state index contributed by atoms with van der Waals surface area (Å²) in [5, 5.41) is 3.57. The fourth-order valence-corrected chi connectivity index (χ4v) is 3.31. The monoisotopic (exact) mass is 339 g/mol. The molecule has 0 saturated carbocycles. The predicted molar refractivity (Wildman–Crippen MR) is 80.2 cm³/mol. The van der Waals surface area contributed by atoms with Gasteiger partial charge in [-0.05, 0) is 48.2 Å². The van der Waals surface area contributed by atoms with Crippen LogP contribution < -0.4 is 5.32 Å². The van der Waals surface area contributed by atoms with Gasteiger partial charge in [0.2, 0.25) is 0 Å². The van der Waals surface area contributed by atoms with E-state index >= 15 is 0 Å². The molecule has 0 bridgehead atoms. The summed E-state index contributed by atoms with van der Waals surface area (Å²) >= 11 is 9.39. The first-order valence-electron chi connectivity index (χ1n) is 6.14. The summed E-state index contributed by atoms with van der Waals surface area (Å²) in [5.41, 5.74) is 3.51. The minimum Gasteiger partial charge on any atom is -0.378 e. The highest BCUT2D eigenvalue weighted by Crippen LogP contribution is 2.37. The molecule has 1 unspecified atom stereocenters. The summed E-state index contributed by atoms with van der Waals surface area (Å²) < 4.78 is 14.3. The van der Waals surface area contributed by atoms with Crippen LogP contribution in [0.25, 0.3) is 0 Å². The molecule has 4 heteroatoms. The Balaban J connectivity index is 1.86. The molecule has 2 aromatic carbocycles. The van der Waals surface area contributed by atoms with Gasteiger partial charge in [-0.1, -0.05) is 39.7 Å². The molecule has 0 amide bonds. The van der Waals surface area contributed by atoms with Gasteiger partial charge in [0.05, 0.1) is 11.1 Å². The van der Waals surface area contributed by atoms with Crippen LogP contribution in [0.5, 0.6) is 0 Å². The van der Waals surface area contributed by atoms with Gasteiger partial charge in [0.15, 0.2) is 0 Å². The number of fused-ring (bicyclic) bond motifs is 1. The SMILES string of the molecule is Fc1ccc(NC2CCc3c(Br)cccc32)cc1Cl. The molecule has 0 radical (unpaired) electrons. The van der Waals surface area contributed by atoms with Gasteiger partial charge in [-0.25, -0.2) is 4.39 Å². The molecule has 1 nitrogen and oxygen atoms in total. The Kier molecular flexibility index (Phi) is 3.50. The van der Waals surface area contributed by atoms with E-state index in [0.29, 0.717) is 0 Å². The zero-order chi connectivity index (χ0) is 13.4. The van der Waals surface area contributed by atoms with Crippen LogP contribution in [-0.2, 0) is 6.42 Å². The van der Waals surface area contributed by atoms with Crippen molar-refractivity contribution in [1.29, 1.82) is 0 Å². The summed E-state index contributed by atoms with van der Waals surface area (Å²) in [4.78, 5) is 0. The minimum atomic E-state index is -0.387.